The van der Waals surface area contributed by atoms with Gasteiger partial charge in [-0.25, -0.2) is 0 Å². The molecule has 3 heteroatoms. The Morgan fingerprint density at radius 1 is 1.13 bits per heavy atom. The molecule has 2 aromatic rings. The summed E-state index contributed by atoms with van der Waals surface area (Å²) in [5.41, 5.74) is 4.53. The average Bonchev–Trinajstić information content (AvgIpc) is 3.29. The zero-order valence-corrected chi connectivity index (χ0v) is 18.2. The molecule has 2 spiro atoms. The molecule has 0 radical (unpaired) electrons. The number of allylic oxidation sites excluding steroid dienone is 1. The van der Waals surface area contributed by atoms with Crippen LogP contribution >= 0.6 is 0 Å². The summed E-state index contributed by atoms with van der Waals surface area (Å²) in [7, 11) is 0. The molecule has 2 aliphatic heterocycles. The number of benzene rings is 1. The molecule has 2 bridgehead atoms. The van der Waals surface area contributed by atoms with Crippen LogP contribution in [0.1, 0.15) is 69.8 Å². The Bertz CT molecular complexity index is 1190. The minimum atomic E-state index is -0.296. The molecule has 0 unspecified atom stereocenters. The van der Waals surface area contributed by atoms with E-state index in [1.165, 1.54) is 29.4 Å². The van der Waals surface area contributed by atoms with Crippen LogP contribution in [0.4, 0.5) is 0 Å². The average molecular weight is 412 g/mol. The minimum absolute atomic E-state index is 0.182. The number of hydrogen-bond acceptors (Lipinski definition) is 3. The van der Waals surface area contributed by atoms with Crippen LogP contribution < -0.4 is 0 Å². The molecule has 3 nitrogen and oxygen atoms in total. The maximum absolute atomic E-state index is 12.7. The molecule has 31 heavy (non-hydrogen) atoms. The summed E-state index contributed by atoms with van der Waals surface area (Å²) in [5.74, 6) is 1.36. The molecule has 7 rings (SSSR count). The highest BCUT2D eigenvalue weighted by molar-refractivity contribution is 5.99. The van der Waals surface area contributed by atoms with Crippen LogP contribution in [0.15, 0.2) is 59.8 Å². The van der Waals surface area contributed by atoms with Crippen molar-refractivity contribution in [1.82, 2.24) is 4.98 Å². The molecular formula is C28H29NO2. The third kappa shape index (κ3) is 2.23. The first kappa shape index (κ1) is 18.3. The van der Waals surface area contributed by atoms with Crippen LogP contribution in [-0.4, -0.2) is 22.0 Å². The summed E-state index contributed by atoms with van der Waals surface area (Å²) in [5, 5.41) is 1.21. The lowest BCUT2D eigenvalue weighted by molar-refractivity contribution is -0.143. The van der Waals surface area contributed by atoms with Crippen molar-refractivity contribution >= 4 is 16.7 Å². The molecule has 3 heterocycles. The topological polar surface area (TPSA) is 39.2 Å². The van der Waals surface area contributed by atoms with E-state index < -0.39 is 0 Å². The van der Waals surface area contributed by atoms with Gasteiger partial charge in [0.05, 0.1) is 16.7 Å². The standard InChI is InChI=1S/C28H29NO2/c1-26-12-10-20-17-22-24(30)5-2-11-27(22)13-14-28(20,31-27)25(26)9-8-21(26)19-7-6-18-4-3-15-29-23(18)16-19/h3-4,6-7,10,15-17,21,25H,2,5,8-9,11-14H2,1H3/t21-,25-,26-,27+,28-/m1/s1. The van der Waals surface area contributed by atoms with Crippen molar-refractivity contribution in [2.24, 2.45) is 11.3 Å². The van der Waals surface area contributed by atoms with Gasteiger partial charge < -0.3 is 4.74 Å². The van der Waals surface area contributed by atoms with Crippen molar-refractivity contribution in [1.29, 1.82) is 0 Å². The van der Waals surface area contributed by atoms with E-state index in [1.54, 1.807) is 0 Å². The zero-order valence-electron chi connectivity index (χ0n) is 18.2. The molecule has 3 aliphatic carbocycles. The van der Waals surface area contributed by atoms with Crippen molar-refractivity contribution in [3.05, 3.63) is 65.4 Å². The maximum atomic E-state index is 12.7. The van der Waals surface area contributed by atoms with Gasteiger partial charge in [-0.05, 0) is 91.5 Å². The highest BCUT2D eigenvalue weighted by Gasteiger charge is 2.66. The summed E-state index contributed by atoms with van der Waals surface area (Å²) in [6.45, 7) is 2.50. The third-order valence-corrected chi connectivity index (χ3v) is 9.54. The molecule has 2 saturated carbocycles. The van der Waals surface area contributed by atoms with Gasteiger partial charge in [0, 0.05) is 23.6 Å². The number of carbonyl (C=O) groups excluding carboxylic acids is 1. The summed E-state index contributed by atoms with van der Waals surface area (Å²) < 4.78 is 7.11. The van der Waals surface area contributed by atoms with Gasteiger partial charge in [0.2, 0.25) is 0 Å². The summed E-state index contributed by atoms with van der Waals surface area (Å²) in [6, 6.07) is 11.0. The van der Waals surface area contributed by atoms with Crippen LogP contribution in [0, 0.1) is 11.3 Å². The van der Waals surface area contributed by atoms with Crippen LogP contribution in [0.5, 0.6) is 0 Å². The van der Waals surface area contributed by atoms with Crippen LogP contribution in [0.2, 0.25) is 0 Å². The Labute approximate surface area is 183 Å². The van der Waals surface area contributed by atoms with Gasteiger partial charge in [0.1, 0.15) is 0 Å². The molecule has 5 aliphatic rings. The maximum Gasteiger partial charge on any atom is 0.161 e. The van der Waals surface area contributed by atoms with Gasteiger partial charge >= 0.3 is 0 Å². The predicted molar refractivity (Wildman–Crippen MR) is 121 cm³/mol. The van der Waals surface area contributed by atoms with E-state index in [1.807, 2.05) is 12.3 Å². The molecule has 1 saturated heterocycles. The quantitative estimate of drug-likeness (QED) is 0.574. The molecule has 1 aromatic heterocycles. The normalized spacial score (nSPS) is 40.7. The Hall–Kier alpha value is -2.26. The van der Waals surface area contributed by atoms with E-state index in [4.69, 9.17) is 4.74 Å². The monoisotopic (exact) mass is 411 g/mol. The number of ether oxygens (including phenoxy) is 1. The van der Waals surface area contributed by atoms with Crippen LogP contribution in [0.3, 0.4) is 0 Å². The second kappa shape index (κ2) is 5.95. The second-order valence-electron chi connectivity index (χ2n) is 10.8. The molecule has 158 valence electrons. The summed E-state index contributed by atoms with van der Waals surface area (Å²) >= 11 is 0. The van der Waals surface area contributed by atoms with Crippen molar-refractivity contribution in [2.45, 2.75) is 75.4 Å². The molecular weight excluding hydrogens is 382 g/mol. The van der Waals surface area contributed by atoms with E-state index in [9.17, 15) is 4.79 Å². The van der Waals surface area contributed by atoms with E-state index >= 15 is 0 Å². The van der Waals surface area contributed by atoms with Crippen molar-refractivity contribution < 1.29 is 9.53 Å². The number of pyridine rings is 1. The third-order valence-electron chi connectivity index (χ3n) is 9.54. The van der Waals surface area contributed by atoms with Crippen LogP contribution in [-0.2, 0) is 9.53 Å². The SMILES string of the molecule is C[C@]12CC=C3C=C4C(=O)CCC[C@]45CC[C@]3(O5)[C@@H]1CC[C@@H]2c1ccc2cccnc2c1. The highest BCUT2D eigenvalue weighted by atomic mass is 16.5. The summed E-state index contributed by atoms with van der Waals surface area (Å²) in [6.07, 6.45) is 14.8. The Balaban J connectivity index is 1.32. The van der Waals surface area contributed by atoms with E-state index in [0.29, 0.717) is 24.0 Å². The summed E-state index contributed by atoms with van der Waals surface area (Å²) in [4.78, 5) is 17.4. The van der Waals surface area contributed by atoms with Gasteiger partial charge in [0.25, 0.3) is 0 Å². The smallest absolute Gasteiger partial charge is 0.161 e. The molecule has 1 aromatic carbocycles. The van der Waals surface area contributed by atoms with Gasteiger partial charge in [-0.2, -0.15) is 0 Å². The molecule has 0 amide bonds. The second-order valence-corrected chi connectivity index (χ2v) is 10.8. The fourth-order valence-corrected chi connectivity index (χ4v) is 8.10. The van der Waals surface area contributed by atoms with Gasteiger partial charge in [0.15, 0.2) is 5.78 Å². The highest BCUT2D eigenvalue weighted by Crippen LogP contribution is 2.69. The van der Waals surface area contributed by atoms with Gasteiger partial charge in [-0.1, -0.05) is 31.2 Å². The first-order chi connectivity index (χ1) is 15.0. The molecule has 0 N–H and O–H groups in total. The van der Waals surface area contributed by atoms with Gasteiger partial charge in [-0.15, -0.1) is 0 Å². The Kier molecular flexibility index (Phi) is 3.52. The largest absolute Gasteiger partial charge is 0.359 e. The lowest BCUT2D eigenvalue weighted by Crippen LogP contribution is -2.54. The Morgan fingerprint density at radius 2 is 2.06 bits per heavy atom. The van der Waals surface area contributed by atoms with Crippen molar-refractivity contribution in [2.75, 3.05) is 0 Å². The van der Waals surface area contributed by atoms with Crippen LogP contribution in [0.25, 0.3) is 10.9 Å². The Morgan fingerprint density at radius 3 is 3.00 bits per heavy atom. The molecule has 5 atom stereocenters. The first-order valence-electron chi connectivity index (χ1n) is 12.1. The number of aromatic nitrogens is 1. The van der Waals surface area contributed by atoms with Gasteiger partial charge in [-0.3, -0.25) is 9.78 Å². The zero-order chi connectivity index (χ0) is 20.8. The lowest BCUT2D eigenvalue weighted by atomic mass is 9.58. The predicted octanol–water partition coefficient (Wildman–Crippen LogP) is 6.05. The number of Topliss-reactive ketones (excluding diaryl/α,β-unsaturated/α-hetero) is 1. The number of nitrogens with zero attached hydrogens (tertiary/aromatic N) is 1. The first-order valence-corrected chi connectivity index (χ1v) is 12.1. The lowest BCUT2D eigenvalue weighted by Gasteiger charge is -2.53. The number of ketones is 1. The molecule has 3 fully saturated rings. The van der Waals surface area contributed by atoms with Crippen molar-refractivity contribution in [3.63, 3.8) is 0 Å². The fourth-order valence-electron chi connectivity index (χ4n) is 8.10. The minimum Gasteiger partial charge on any atom is -0.359 e. The number of carbonyl (C=O) groups is 1. The fraction of sp³-hybridized carbons (Fsp3) is 0.500. The number of hydrogen-bond donors (Lipinski definition) is 0. The van der Waals surface area contributed by atoms with E-state index in [-0.39, 0.29) is 16.6 Å². The van der Waals surface area contributed by atoms with E-state index in [0.717, 1.165) is 43.2 Å². The van der Waals surface area contributed by atoms with Crippen molar-refractivity contribution in [3.8, 4) is 0 Å². The van der Waals surface area contributed by atoms with E-state index in [2.05, 4.69) is 48.3 Å². The number of rotatable bonds is 1. The number of fused-ring (bicyclic) bond motifs is 2.